The summed E-state index contributed by atoms with van der Waals surface area (Å²) in [5.74, 6) is -0.0245. The fourth-order valence-electron chi connectivity index (χ4n) is 2.37. The van der Waals surface area contributed by atoms with Crippen LogP contribution in [0.4, 0.5) is 0 Å². The molecule has 3 N–H and O–H groups in total. The molecule has 2 unspecified atom stereocenters. The van der Waals surface area contributed by atoms with Crippen molar-refractivity contribution in [2.75, 3.05) is 0 Å². The van der Waals surface area contributed by atoms with Crippen LogP contribution in [-0.2, 0) is 4.79 Å². The summed E-state index contributed by atoms with van der Waals surface area (Å²) in [7, 11) is 0. The molecule has 1 fully saturated rings. The first kappa shape index (κ1) is 11.2. The van der Waals surface area contributed by atoms with Crippen LogP contribution in [0.15, 0.2) is 18.3 Å². The molecule has 1 aliphatic heterocycles. The van der Waals surface area contributed by atoms with Gasteiger partial charge < -0.3 is 10.1 Å². The smallest absolute Gasteiger partial charge is 0.320 e. The van der Waals surface area contributed by atoms with Crippen molar-refractivity contribution >= 4 is 17.1 Å². The van der Waals surface area contributed by atoms with Crippen LogP contribution >= 0.6 is 0 Å². The van der Waals surface area contributed by atoms with Gasteiger partial charge in [0.25, 0.3) is 0 Å². The Bertz CT molecular complexity index is 547. The third-order valence-electron chi connectivity index (χ3n) is 3.29. The lowest BCUT2D eigenvalue weighted by Crippen LogP contribution is -2.42. The number of imidazole rings is 1. The van der Waals surface area contributed by atoms with E-state index >= 15 is 0 Å². The number of hydrogen-bond acceptors (Lipinski definition) is 4. The third kappa shape index (κ3) is 1.95. The van der Waals surface area contributed by atoms with Crippen LogP contribution in [0.25, 0.3) is 11.2 Å². The zero-order chi connectivity index (χ0) is 12.5. The van der Waals surface area contributed by atoms with Crippen molar-refractivity contribution in [2.24, 2.45) is 0 Å². The molecule has 2 aromatic heterocycles. The van der Waals surface area contributed by atoms with Crippen LogP contribution in [0.1, 0.15) is 31.1 Å². The van der Waals surface area contributed by atoms with Gasteiger partial charge in [0.1, 0.15) is 11.9 Å². The predicted molar refractivity (Wildman–Crippen MR) is 65.0 cm³/mol. The van der Waals surface area contributed by atoms with Crippen molar-refractivity contribution in [3.8, 4) is 0 Å². The second-order valence-corrected chi connectivity index (χ2v) is 4.54. The van der Waals surface area contributed by atoms with E-state index in [-0.39, 0.29) is 6.04 Å². The van der Waals surface area contributed by atoms with Gasteiger partial charge in [-0.05, 0) is 31.4 Å². The normalized spacial score (nSPS) is 24.2. The molecule has 0 bridgehead atoms. The number of aliphatic carboxylic acids is 1. The minimum absolute atomic E-state index is 0.0333. The average Bonchev–Trinajstić information content (AvgIpc) is 2.82. The minimum Gasteiger partial charge on any atom is -0.480 e. The van der Waals surface area contributed by atoms with Crippen molar-refractivity contribution in [2.45, 2.75) is 31.3 Å². The van der Waals surface area contributed by atoms with Gasteiger partial charge in [-0.15, -0.1) is 0 Å². The molecular formula is C12H14N4O2. The molecule has 1 saturated heterocycles. The van der Waals surface area contributed by atoms with Crippen LogP contribution in [0.3, 0.4) is 0 Å². The number of aromatic nitrogens is 3. The number of nitrogens with zero attached hydrogens (tertiary/aromatic N) is 2. The van der Waals surface area contributed by atoms with Gasteiger partial charge in [-0.1, -0.05) is 0 Å². The molecule has 6 heteroatoms. The number of fused-ring (bicyclic) bond motifs is 1. The standard InChI is InChI=1S/C12H14N4O2/c17-12(18)9-4-1-3-8(14-9)11-15-7-5-2-6-13-10(7)16-11/h2,5-6,8-9,14H,1,3-4H2,(H,17,18)(H,13,15,16). The molecule has 0 spiro atoms. The van der Waals surface area contributed by atoms with Gasteiger partial charge in [-0.3, -0.25) is 10.1 Å². The topological polar surface area (TPSA) is 90.9 Å². The monoisotopic (exact) mass is 246 g/mol. The van der Waals surface area contributed by atoms with Crippen molar-refractivity contribution in [1.82, 2.24) is 20.3 Å². The molecule has 0 amide bonds. The second kappa shape index (κ2) is 4.38. The molecule has 0 aromatic carbocycles. The van der Waals surface area contributed by atoms with Gasteiger partial charge >= 0.3 is 5.97 Å². The summed E-state index contributed by atoms with van der Waals surface area (Å²) in [4.78, 5) is 22.8. The van der Waals surface area contributed by atoms with Crippen molar-refractivity contribution in [3.63, 3.8) is 0 Å². The van der Waals surface area contributed by atoms with Crippen molar-refractivity contribution in [1.29, 1.82) is 0 Å². The van der Waals surface area contributed by atoms with E-state index in [1.54, 1.807) is 6.20 Å². The Morgan fingerprint density at radius 2 is 2.33 bits per heavy atom. The molecule has 2 aromatic rings. The minimum atomic E-state index is -0.797. The summed E-state index contributed by atoms with van der Waals surface area (Å²) >= 11 is 0. The molecular weight excluding hydrogens is 232 g/mol. The van der Waals surface area contributed by atoms with Crippen LogP contribution < -0.4 is 5.32 Å². The van der Waals surface area contributed by atoms with E-state index in [2.05, 4.69) is 20.3 Å². The molecule has 6 nitrogen and oxygen atoms in total. The third-order valence-corrected chi connectivity index (χ3v) is 3.29. The average molecular weight is 246 g/mol. The van der Waals surface area contributed by atoms with E-state index in [4.69, 9.17) is 5.11 Å². The molecule has 0 saturated carbocycles. The maximum Gasteiger partial charge on any atom is 0.320 e. The van der Waals surface area contributed by atoms with E-state index in [1.165, 1.54) is 0 Å². The SMILES string of the molecule is O=C(O)C1CCCC(c2nc3ncccc3[nH]2)N1. The number of carboxylic acid groups (broad SMARTS) is 1. The Hall–Kier alpha value is -1.95. The lowest BCUT2D eigenvalue weighted by molar-refractivity contribution is -0.140. The van der Waals surface area contributed by atoms with Crippen molar-refractivity contribution in [3.05, 3.63) is 24.2 Å². The number of rotatable bonds is 2. The van der Waals surface area contributed by atoms with E-state index in [1.807, 2.05) is 12.1 Å². The number of carbonyl (C=O) groups is 1. The van der Waals surface area contributed by atoms with E-state index < -0.39 is 12.0 Å². The summed E-state index contributed by atoms with van der Waals surface area (Å²) in [5, 5.41) is 12.1. The fourth-order valence-corrected chi connectivity index (χ4v) is 2.37. The summed E-state index contributed by atoms with van der Waals surface area (Å²) in [6.45, 7) is 0. The van der Waals surface area contributed by atoms with Crippen LogP contribution in [0, 0.1) is 0 Å². The van der Waals surface area contributed by atoms with Crippen LogP contribution in [-0.4, -0.2) is 32.1 Å². The first-order valence-electron chi connectivity index (χ1n) is 6.03. The Balaban J connectivity index is 1.87. The zero-order valence-corrected chi connectivity index (χ0v) is 9.76. The maximum absolute atomic E-state index is 11.0. The lowest BCUT2D eigenvalue weighted by atomic mass is 9.98. The maximum atomic E-state index is 11.0. The summed E-state index contributed by atoms with van der Waals surface area (Å²) in [5.41, 5.74) is 1.55. The molecule has 0 radical (unpaired) electrons. The van der Waals surface area contributed by atoms with Gasteiger partial charge in [0.05, 0.1) is 11.6 Å². The fraction of sp³-hybridized carbons (Fsp3) is 0.417. The summed E-state index contributed by atoms with van der Waals surface area (Å²) in [6.07, 6.45) is 4.15. The van der Waals surface area contributed by atoms with Crippen molar-refractivity contribution < 1.29 is 9.90 Å². The van der Waals surface area contributed by atoms with Gasteiger partial charge in [0.15, 0.2) is 5.65 Å². The summed E-state index contributed by atoms with van der Waals surface area (Å²) in [6, 6.07) is 3.24. The zero-order valence-electron chi connectivity index (χ0n) is 9.76. The van der Waals surface area contributed by atoms with E-state index in [0.717, 1.165) is 24.2 Å². The molecule has 3 heterocycles. The molecule has 3 rings (SSSR count). The second-order valence-electron chi connectivity index (χ2n) is 4.54. The van der Waals surface area contributed by atoms with Crippen LogP contribution in [0.5, 0.6) is 0 Å². The Morgan fingerprint density at radius 1 is 1.44 bits per heavy atom. The number of nitrogens with one attached hydrogen (secondary N) is 2. The molecule has 2 atom stereocenters. The number of hydrogen-bond donors (Lipinski definition) is 3. The Kier molecular flexibility index (Phi) is 2.71. The number of pyridine rings is 1. The Morgan fingerprint density at radius 3 is 3.11 bits per heavy atom. The first-order chi connectivity index (χ1) is 8.74. The molecule has 18 heavy (non-hydrogen) atoms. The highest BCUT2D eigenvalue weighted by molar-refractivity contribution is 5.73. The van der Waals surface area contributed by atoms with Gasteiger partial charge in [-0.2, -0.15) is 0 Å². The predicted octanol–water partition coefficient (Wildman–Crippen LogP) is 1.23. The number of H-pyrrole nitrogens is 1. The highest BCUT2D eigenvalue weighted by Gasteiger charge is 2.28. The quantitative estimate of drug-likeness (QED) is 0.741. The van der Waals surface area contributed by atoms with E-state index in [0.29, 0.717) is 12.1 Å². The largest absolute Gasteiger partial charge is 0.480 e. The number of carboxylic acids is 1. The highest BCUT2D eigenvalue weighted by Crippen LogP contribution is 2.25. The summed E-state index contributed by atoms with van der Waals surface area (Å²) < 4.78 is 0. The van der Waals surface area contributed by atoms with Crippen LogP contribution in [0.2, 0.25) is 0 Å². The van der Waals surface area contributed by atoms with Gasteiger partial charge in [0, 0.05) is 6.20 Å². The Labute approximate surface area is 103 Å². The number of piperidine rings is 1. The molecule has 94 valence electrons. The van der Waals surface area contributed by atoms with Gasteiger partial charge in [0.2, 0.25) is 0 Å². The highest BCUT2D eigenvalue weighted by atomic mass is 16.4. The lowest BCUT2D eigenvalue weighted by Gasteiger charge is -2.26. The van der Waals surface area contributed by atoms with E-state index in [9.17, 15) is 4.79 Å². The molecule has 1 aliphatic rings. The first-order valence-corrected chi connectivity index (χ1v) is 6.03. The van der Waals surface area contributed by atoms with Gasteiger partial charge in [-0.25, -0.2) is 9.97 Å². The number of aromatic amines is 1. The molecule has 0 aliphatic carbocycles.